The van der Waals surface area contributed by atoms with Crippen LogP contribution in [0.25, 0.3) is 0 Å². The van der Waals surface area contributed by atoms with Crippen LogP contribution in [0.5, 0.6) is 0 Å². The van der Waals surface area contributed by atoms with Crippen LogP contribution in [0, 0.1) is 0 Å². The molecule has 0 spiro atoms. The molecule has 0 bridgehead atoms. The van der Waals surface area contributed by atoms with Gasteiger partial charge >= 0.3 is 0 Å². The van der Waals surface area contributed by atoms with E-state index in [-0.39, 0.29) is 0 Å². The first-order valence-electron chi connectivity index (χ1n) is 5.29. The zero-order valence-electron chi connectivity index (χ0n) is 9.72. The monoisotopic (exact) mass is 221 g/mol. The molecule has 4 nitrogen and oxygen atoms in total. The number of methoxy groups -OCH3 is 1. The molecule has 88 valence electrons. The van der Waals surface area contributed by atoms with E-state index in [0.717, 1.165) is 25.3 Å². The Hall–Kier alpha value is -1.39. The molecule has 0 aliphatic carbocycles. The summed E-state index contributed by atoms with van der Waals surface area (Å²) in [6.07, 6.45) is 3.56. The van der Waals surface area contributed by atoms with Gasteiger partial charge < -0.3 is 10.5 Å². The van der Waals surface area contributed by atoms with Gasteiger partial charge in [0.2, 0.25) is 0 Å². The first-order chi connectivity index (χ1) is 7.76. The van der Waals surface area contributed by atoms with Crippen LogP contribution in [0.1, 0.15) is 5.69 Å². The van der Waals surface area contributed by atoms with Gasteiger partial charge in [0.1, 0.15) is 0 Å². The highest BCUT2D eigenvalue weighted by molar-refractivity contribution is 5.34. The number of nitrogens with two attached hydrogens (primary N) is 1. The van der Waals surface area contributed by atoms with E-state index in [1.807, 2.05) is 18.2 Å². The summed E-state index contributed by atoms with van der Waals surface area (Å²) >= 11 is 0. The van der Waals surface area contributed by atoms with E-state index in [4.69, 9.17) is 10.5 Å². The van der Waals surface area contributed by atoms with Crippen molar-refractivity contribution in [2.75, 3.05) is 32.5 Å². The van der Waals surface area contributed by atoms with Crippen molar-refractivity contribution in [3.8, 4) is 0 Å². The molecule has 0 unspecified atom stereocenters. The summed E-state index contributed by atoms with van der Waals surface area (Å²) in [5, 5.41) is 0. The van der Waals surface area contributed by atoms with Crippen LogP contribution >= 0.6 is 0 Å². The van der Waals surface area contributed by atoms with Gasteiger partial charge in [-0.3, -0.25) is 9.88 Å². The Morgan fingerprint density at radius 1 is 1.56 bits per heavy atom. The van der Waals surface area contributed by atoms with Crippen LogP contribution in [0.3, 0.4) is 0 Å². The van der Waals surface area contributed by atoms with Gasteiger partial charge in [0.15, 0.2) is 0 Å². The van der Waals surface area contributed by atoms with Crippen molar-refractivity contribution in [1.82, 2.24) is 9.88 Å². The van der Waals surface area contributed by atoms with Crippen molar-refractivity contribution in [3.05, 3.63) is 36.7 Å². The average Bonchev–Trinajstić information content (AvgIpc) is 2.29. The summed E-state index contributed by atoms with van der Waals surface area (Å²) in [6, 6.07) is 3.81. The van der Waals surface area contributed by atoms with E-state index in [2.05, 4.69) is 16.5 Å². The molecule has 2 N–H and O–H groups in total. The quantitative estimate of drug-likeness (QED) is 0.705. The van der Waals surface area contributed by atoms with E-state index < -0.39 is 0 Å². The third-order valence-electron chi connectivity index (χ3n) is 2.23. The summed E-state index contributed by atoms with van der Waals surface area (Å²) in [5.41, 5.74) is 7.28. The number of ether oxygens (including phenoxy) is 1. The van der Waals surface area contributed by atoms with Crippen molar-refractivity contribution < 1.29 is 4.74 Å². The van der Waals surface area contributed by atoms with Crippen molar-refractivity contribution in [1.29, 1.82) is 0 Å². The molecule has 0 aromatic carbocycles. The van der Waals surface area contributed by atoms with E-state index in [1.54, 1.807) is 13.3 Å². The number of pyridine rings is 1. The minimum atomic E-state index is 0.691. The summed E-state index contributed by atoms with van der Waals surface area (Å²) in [4.78, 5) is 6.48. The Morgan fingerprint density at radius 3 is 2.94 bits per heavy atom. The second kappa shape index (κ2) is 6.98. The highest BCUT2D eigenvalue weighted by Crippen LogP contribution is 2.04. The predicted octanol–water partition coefficient (Wildman–Crippen LogP) is 1.30. The van der Waals surface area contributed by atoms with E-state index in [0.29, 0.717) is 12.3 Å². The number of anilines is 1. The van der Waals surface area contributed by atoms with Gasteiger partial charge in [-0.25, -0.2) is 0 Å². The van der Waals surface area contributed by atoms with Crippen LogP contribution in [0.2, 0.25) is 0 Å². The Labute approximate surface area is 96.7 Å². The molecule has 0 fully saturated rings. The van der Waals surface area contributed by atoms with Gasteiger partial charge in [0, 0.05) is 26.7 Å². The largest absolute Gasteiger partial charge is 0.397 e. The van der Waals surface area contributed by atoms with Crippen LogP contribution in [-0.4, -0.2) is 36.7 Å². The fourth-order valence-corrected chi connectivity index (χ4v) is 1.40. The van der Waals surface area contributed by atoms with Crippen LogP contribution < -0.4 is 5.73 Å². The Bertz CT molecular complexity index is 311. The first kappa shape index (κ1) is 12.7. The van der Waals surface area contributed by atoms with E-state index >= 15 is 0 Å². The van der Waals surface area contributed by atoms with Crippen LogP contribution in [0.4, 0.5) is 5.69 Å². The normalized spacial score (nSPS) is 10.6. The number of nitrogen functional groups attached to an aromatic ring is 1. The minimum Gasteiger partial charge on any atom is -0.397 e. The fourth-order valence-electron chi connectivity index (χ4n) is 1.40. The number of hydrogen-bond acceptors (Lipinski definition) is 4. The maximum atomic E-state index is 5.58. The summed E-state index contributed by atoms with van der Waals surface area (Å²) in [5.74, 6) is 0. The SMILES string of the molecule is C=CCN(CCOC)Cc1ccc(N)cn1. The molecule has 1 heterocycles. The summed E-state index contributed by atoms with van der Waals surface area (Å²) < 4.78 is 5.06. The molecule has 1 rings (SSSR count). The molecule has 0 amide bonds. The van der Waals surface area contributed by atoms with Crippen molar-refractivity contribution in [2.24, 2.45) is 0 Å². The zero-order valence-corrected chi connectivity index (χ0v) is 9.72. The highest BCUT2D eigenvalue weighted by atomic mass is 16.5. The second-order valence-electron chi connectivity index (χ2n) is 3.60. The molecule has 1 aromatic heterocycles. The Balaban J connectivity index is 2.52. The maximum Gasteiger partial charge on any atom is 0.0589 e. The molecular weight excluding hydrogens is 202 g/mol. The maximum absolute atomic E-state index is 5.58. The Morgan fingerprint density at radius 2 is 2.38 bits per heavy atom. The van der Waals surface area contributed by atoms with Crippen molar-refractivity contribution in [3.63, 3.8) is 0 Å². The molecule has 1 aromatic rings. The molecule has 0 atom stereocenters. The average molecular weight is 221 g/mol. The van der Waals surface area contributed by atoms with Crippen molar-refractivity contribution >= 4 is 5.69 Å². The minimum absolute atomic E-state index is 0.691. The smallest absolute Gasteiger partial charge is 0.0589 e. The lowest BCUT2D eigenvalue weighted by molar-refractivity contribution is 0.150. The molecule has 0 saturated carbocycles. The predicted molar refractivity (Wildman–Crippen MR) is 66.0 cm³/mol. The van der Waals surface area contributed by atoms with Gasteiger partial charge in [0.25, 0.3) is 0 Å². The molecule has 4 heteroatoms. The van der Waals surface area contributed by atoms with Gasteiger partial charge in [-0.1, -0.05) is 6.08 Å². The van der Waals surface area contributed by atoms with Crippen molar-refractivity contribution in [2.45, 2.75) is 6.54 Å². The van der Waals surface area contributed by atoms with Gasteiger partial charge in [0.05, 0.1) is 24.2 Å². The van der Waals surface area contributed by atoms with Gasteiger partial charge in [-0.15, -0.1) is 6.58 Å². The van der Waals surface area contributed by atoms with E-state index in [9.17, 15) is 0 Å². The third kappa shape index (κ3) is 4.42. The molecule has 16 heavy (non-hydrogen) atoms. The molecule has 0 radical (unpaired) electrons. The second-order valence-corrected chi connectivity index (χ2v) is 3.60. The fraction of sp³-hybridized carbons (Fsp3) is 0.417. The lowest BCUT2D eigenvalue weighted by Crippen LogP contribution is -2.27. The number of rotatable bonds is 7. The van der Waals surface area contributed by atoms with Crippen LogP contribution in [0.15, 0.2) is 31.0 Å². The number of hydrogen-bond donors (Lipinski definition) is 1. The topological polar surface area (TPSA) is 51.4 Å². The molecule has 0 aliphatic rings. The van der Waals surface area contributed by atoms with Crippen LogP contribution in [-0.2, 0) is 11.3 Å². The number of nitrogens with zero attached hydrogens (tertiary/aromatic N) is 2. The molecule has 0 aliphatic heterocycles. The lowest BCUT2D eigenvalue weighted by Gasteiger charge is -2.19. The first-order valence-corrected chi connectivity index (χ1v) is 5.29. The highest BCUT2D eigenvalue weighted by Gasteiger charge is 2.04. The summed E-state index contributed by atoms with van der Waals surface area (Å²) in [6.45, 7) is 6.94. The summed E-state index contributed by atoms with van der Waals surface area (Å²) in [7, 11) is 1.70. The lowest BCUT2D eigenvalue weighted by atomic mass is 10.3. The Kier molecular flexibility index (Phi) is 5.53. The van der Waals surface area contributed by atoms with Gasteiger partial charge in [-0.2, -0.15) is 0 Å². The molecular formula is C12H19N3O. The third-order valence-corrected chi connectivity index (χ3v) is 2.23. The zero-order chi connectivity index (χ0) is 11.8. The van der Waals surface area contributed by atoms with E-state index in [1.165, 1.54) is 0 Å². The molecule has 0 saturated heterocycles. The number of aromatic nitrogens is 1. The van der Waals surface area contributed by atoms with Gasteiger partial charge in [-0.05, 0) is 12.1 Å². The standard InChI is InChI=1S/C12H19N3O/c1-3-6-15(7-8-16-2)10-12-5-4-11(13)9-14-12/h3-5,9H,1,6-8,10,13H2,2H3.